The van der Waals surface area contributed by atoms with Crippen molar-refractivity contribution in [2.24, 2.45) is 0 Å². The molecule has 4 rings (SSSR count). The van der Waals surface area contributed by atoms with Crippen LogP contribution in [0.15, 0.2) is 60.2 Å². The fraction of sp³-hybridized carbons (Fsp3) is 0.304. The van der Waals surface area contributed by atoms with Crippen molar-refractivity contribution in [1.82, 2.24) is 0 Å². The third-order valence-corrected chi connectivity index (χ3v) is 5.80. The number of fused-ring (bicyclic) bond motifs is 3. The monoisotopic (exact) mass is 346 g/mol. The summed E-state index contributed by atoms with van der Waals surface area (Å²) in [6.45, 7) is 0. The summed E-state index contributed by atoms with van der Waals surface area (Å²) in [5.74, 6) is -0.0663. The first-order valence-electron chi connectivity index (χ1n) is 9.12. The van der Waals surface area contributed by atoms with E-state index < -0.39 is 0 Å². The predicted octanol–water partition coefficient (Wildman–Crippen LogP) is 4.19. The van der Waals surface area contributed by atoms with Gasteiger partial charge in [-0.1, -0.05) is 42.0 Å². The van der Waals surface area contributed by atoms with E-state index in [2.05, 4.69) is 30.3 Å². The number of hydrogen-bond acceptors (Lipinski definition) is 3. The molecule has 0 heterocycles. The molecule has 0 saturated carbocycles. The Kier molecular flexibility index (Phi) is 4.23. The first-order valence-corrected chi connectivity index (χ1v) is 9.12. The van der Waals surface area contributed by atoms with Gasteiger partial charge in [-0.05, 0) is 60.6 Å². The Labute approximate surface area is 153 Å². The van der Waals surface area contributed by atoms with E-state index in [1.165, 1.54) is 29.4 Å². The Morgan fingerprint density at radius 3 is 2.65 bits per heavy atom. The van der Waals surface area contributed by atoms with Gasteiger partial charge in [-0.2, -0.15) is 0 Å². The molecule has 2 aliphatic rings. The van der Waals surface area contributed by atoms with E-state index in [9.17, 15) is 9.59 Å². The van der Waals surface area contributed by atoms with Crippen LogP contribution in [0.25, 0.3) is 0 Å². The van der Waals surface area contributed by atoms with E-state index >= 15 is 0 Å². The summed E-state index contributed by atoms with van der Waals surface area (Å²) in [5, 5.41) is 0. The molecule has 0 aromatic heterocycles. The van der Waals surface area contributed by atoms with E-state index in [1.807, 2.05) is 24.3 Å². The molecule has 2 aliphatic carbocycles. The standard InChI is InChI=1S/C23H22O3/c1-26-22(25)18-8-10-21-17(13-18)7-9-19-14-20(24)11-12-23(19,21)15-16-5-3-2-4-6-16/h2-6,8,10,13-14H,7,9,11-12,15H2,1H3. The summed E-state index contributed by atoms with van der Waals surface area (Å²) < 4.78 is 4.87. The van der Waals surface area contributed by atoms with Crippen molar-refractivity contribution in [3.8, 4) is 0 Å². The first kappa shape index (κ1) is 16.8. The molecule has 0 fully saturated rings. The van der Waals surface area contributed by atoms with Gasteiger partial charge in [0, 0.05) is 11.8 Å². The molecule has 2 aromatic rings. The number of benzene rings is 2. The molecule has 0 saturated heterocycles. The average molecular weight is 346 g/mol. The number of allylic oxidation sites excluding steroid dienone is 2. The van der Waals surface area contributed by atoms with Gasteiger partial charge in [-0.25, -0.2) is 4.79 Å². The Morgan fingerprint density at radius 2 is 1.88 bits per heavy atom. The van der Waals surface area contributed by atoms with Gasteiger partial charge in [0.1, 0.15) is 0 Å². The van der Waals surface area contributed by atoms with Gasteiger partial charge in [0.2, 0.25) is 0 Å². The summed E-state index contributed by atoms with van der Waals surface area (Å²) in [6.07, 6.45) is 5.90. The second-order valence-electron chi connectivity index (χ2n) is 7.24. The lowest BCUT2D eigenvalue weighted by Gasteiger charge is -2.44. The zero-order chi connectivity index (χ0) is 18.1. The number of esters is 1. The maximum atomic E-state index is 12.1. The zero-order valence-corrected chi connectivity index (χ0v) is 15.0. The topological polar surface area (TPSA) is 43.4 Å². The normalized spacial score (nSPS) is 21.4. The lowest BCUT2D eigenvalue weighted by Crippen LogP contribution is -2.39. The number of ether oxygens (including phenoxy) is 1. The fourth-order valence-corrected chi connectivity index (χ4v) is 4.54. The molecular formula is C23H22O3. The predicted molar refractivity (Wildman–Crippen MR) is 100 cm³/mol. The number of carbonyl (C=O) groups excluding carboxylic acids is 2. The van der Waals surface area contributed by atoms with Crippen LogP contribution in [0.2, 0.25) is 0 Å². The van der Waals surface area contributed by atoms with E-state index in [0.29, 0.717) is 12.0 Å². The quantitative estimate of drug-likeness (QED) is 0.783. The summed E-state index contributed by atoms with van der Waals surface area (Å²) >= 11 is 0. The van der Waals surface area contributed by atoms with Crippen LogP contribution < -0.4 is 0 Å². The van der Waals surface area contributed by atoms with E-state index in [-0.39, 0.29) is 17.2 Å². The number of aryl methyl sites for hydroxylation is 1. The van der Waals surface area contributed by atoms with Crippen molar-refractivity contribution in [1.29, 1.82) is 0 Å². The summed E-state index contributed by atoms with van der Waals surface area (Å²) in [4.78, 5) is 24.0. The van der Waals surface area contributed by atoms with Gasteiger partial charge in [-0.3, -0.25) is 4.79 Å². The Morgan fingerprint density at radius 1 is 1.08 bits per heavy atom. The zero-order valence-electron chi connectivity index (χ0n) is 15.0. The minimum atomic E-state index is -0.301. The van der Waals surface area contributed by atoms with Gasteiger partial charge >= 0.3 is 5.97 Å². The van der Waals surface area contributed by atoms with Crippen molar-refractivity contribution in [2.45, 2.75) is 37.5 Å². The lowest BCUT2D eigenvalue weighted by molar-refractivity contribution is -0.115. The third kappa shape index (κ3) is 2.78. The highest BCUT2D eigenvalue weighted by Crippen LogP contribution is 2.49. The van der Waals surface area contributed by atoms with Crippen molar-refractivity contribution in [2.75, 3.05) is 7.11 Å². The third-order valence-electron chi connectivity index (χ3n) is 5.80. The molecule has 0 radical (unpaired) electrons. The largest absolute Gasteiger partial charge is 0.465 e. The molecule has 1 atom stereocenters. The number of carbonyl (C=O) groups is 2. The van der Waals surface area contributed by atoms with Crippen molar-refractivity contribution in [3.63, 3.8) is 0 Å². The molecule has 132 valence electrons. The highest BCUT2D eigenvalue weighted by Gasteiger charge is 2.42. The van der Waals surface area contributed by atoms with Gasteiger partial charge in [-0.15, -0.1) is 0 Å². The summed E-state index contributed by atoms with van der Waals surface area (Å²) in [7, 11) is 1.41. The number of ketones is 1. The molecule has 1 unspecified atom stereocenters. The van der Waals surface area contributed by atoms with Gasteiger partial charge in [0.15, 0.2) is 5.78 Å². The maximum Gasteiger partial charge on any atom is 0.337 e. The molecule has 0 spiro atoms. The highest BCUT2D eigenvalue weighted by atomic mass is 16.5. The Balaban J connectivity index is 1.84. The second-order valence-corrected chi connectivity index (χ2v) is 7.24. The van der Waals surface area contributed by atoms with Gasteiger partial charge in [0.05, 0.1) is 12.7 Å². The average Bonchev–Trinajstić information content (AvgIpc) is 2.68. The smallest absolute Gasteiger partial charge is 0.337 e. The highest BCUT2D eigenvalue weighted by molar-refractivity contribution is 5.93. The molecule has 3 nitrogen and oxygen atoms in total. The summed E-state index contributed by atoms with van der Waals surface area (Å²) in [5.41, 5.74) is 5.45. The molecule has 0 N–H and O–H groups in total. The van der Waals surface area contributed by atoms with Crippen LogP contribution in [-0.4, -0.2) is 18.9 Å². The van der Waals surface area contributed by atoms with Crippen molar-refractivity contribution >= 4 is 11.8 Å². The van der Waals surface area contributed by atoms with E-state index in [0.717, 1.165) is 25.7 Å². The molecule has 0 amide bonds. The van der Waals surface area contributed by atoms with Crippen molar-refractivity contribution < 1.29 is 14.3 Å². The van der Waals surface area contributed by atoms with Crippen LogP contribution in [0.3, 0.4) is 0 Å². The Bertz CT molecular complexity index is 895. The van der Waals surface area contributed by atoms with E-state index in [1.54, 1.807) is 0 Å². The maximum absolute atomic E-state index is 12.1. The fourth-order valence-electron chi connectivity index (χ4n) is 4.54. The second kappa shape index (κ2) is 6.56. The molecular weight excluding hydrogens is 324 g/mol. The number of hydrogen-bond donors (Lipinski definition) is 0. The molecule has 0 bridgehead atoms. The van der Waals surface area contributed by atoms with Crippen LogP contribution in [0.5, 0.6) is 0 Å². The van der Waals surface area contributed by atoms with Gasteiger partial charge in [0.25, 0.3) is 0 Å². The van der Waals surface area contributed by atoms with Crippen LogP contribution in [-0.2, 0) is 27.8 Å². The van der Waals surface area contributed by atoms with Gasteiger partial charge < -0.3 is 4.74 Å². The van der Waals surface area contributed by atoms with Crippen LogP contribution in [0.4, 0.5) is 0 Å². The van der Waals surface area contributed by atoms with Crippen LogP contribution >= 0.6 is 0 Å². The number of methoxy groups -OCH3 is 1. The van der Waals surface area contributed by atoms with Crippen molar-refractivity contribution in [3.05, 3.63) is 82.4 Å². The molecule has 0 aliphatic heterocycles. The SMILES string of the molecule is COC(=O)c1ccc2c(c1)CCC1=CC(=O)CCC12Cc1ccccc1. The number of rotatable bonds is 3. The minimum absolute atomic E-state index is 0.141. The van der Waals surface area contributed by atoms with E-state index in [4.69, 9.17) is 4.74 Å². The molecule has 26 heavy (non-hydrogen) atoms. The van der Waals surface area contributed by atoms with Crippen LogP contribution in [0.1, 0.15) is 46.3 Å². The first-order chi connectivity index (χ1) is 12.6. The Hall–Kier alpha value is -2.68. The molecule has 3 heteroatoms. The van der Waals surface area contributed by atoms with Crippen LogP contribution in [0, 0.1) is 0 Å². The summed E-state index contributed by atoms with van der Waals surface area (Å²) in [6, 6.07) is 16.4. The lowest BCUT2D eigenvalue weighted by atomic mass is 9.59. The molecule has 2 aromatic carbocycles. The minimum Gasteiger partial charge on any atom is -0.465 e.